The van der Waals surface area contributed by atoms with Crippen LogP contribution in [0.2, 0.25) is 0 Å². The molecule has 0 aromatic heterocycles. The second-order valence-electron chi connectivity index (χ2n) is 2.11. The predicted octanol–water partition coefficient (Wildman–Crippen LogP) is 0.0543. The zero-order valence-corrected chi connectivity index (χ0v) is 5.09. The summed E-state index contributed by atoms with van der Waals surface area (Å²) in [5.41, 5.74) is 5.16. The van der Waals surface area contributed by atoms with Crippen LogP contribution in [-0.2, 0) is 4.79 Å². The second-order valence-corrected chi connectivity index (χ2v) is 2.11. The quantitative estimate of drug-likeness (QED) is 0.505. The zero-order chi connectivity index (χ0) is 6.73. The van der Waals surface area contributed by atoms with Crippen molar-refractivity contribution in [1.82, 2.24) is 0 Å². The number of carboxylic acid groups (broad SMARTS) is 1. The summed E-state index contributed by atoms with van der Waals surface area (Å²) in [7, 11) is 0. The molecule has 3 nitrogen and oxygen atoms in total. The minimum absolute atomic E-state index is 0.0208. The van der Waals surface area contributed by atoms with Crippen LogP contribution >= 0.6 is 0 Å². The van der Waals surface area contributed by atoms with Crippen molar-refractivity contribution >= 4 is 5.97 Å². The van der Waals surface area contributed by atoms with Crippen LogP contribution in [0.25, 0.3) is 0 Å². The van der Waals surface area contributed by atoms with Crippen LogP contribution in [0.1, 0.15) is 13.8 Å². The monoisotopic (exact) mass is 119 g/mol. The van der Waals surface area contributed by atoms with Crippen molar-refractivity contribution in [2.45, 2.75) is 19.9 Å². The molecule has 0 rings (SSSR count). The Labute approximate surface area is 48.5 Å². The molecule has 0 aliphatic carbocycles. The third kappa shape index (κ3) is 1.93. The number of aliphatic carboxylic acids is 1. The lowest BCUT2D eigenvalue weighted by molar-refractivity contribution is -0.139. The first-order chi connectivity index (χ1) is 3.55. The molecule has 0 bridgehead atoms. The van der Waals surface area contributed by atoms with Gasteiger partial charge in [-0.3, -0.25) is 4.79 Å². The summed E-state index contributed by atoms with van der Waals surface area (Å²) in [5, 5.41) is 8.23. The van der Waals surface area contributed by atoms with Crippen molar-refractivity contribution < 1.29 is 9.90 Å². The van der Waals surface area contributed by atoms with Gasteiger partial charge < -0.3 is 10.8 Å². The van der Waals surface area contributed by atoms with Crippen molar-refractivity contribution in [1.29, 1.82) is 0 Å². The molecule has 2 atom stereocenters. The van der Waals surface area contributed by atoms with Crippen molar-refractivity contribution in [3.05, 3.63) is 0 Å². The Kier molecular flexibility index (Phi) is 2.48. The third-order valence-electron chi connectivity index (χ3n) is 1.00. The Morgan fingerprint density at radius 1 is 1.62 bits per heavy atom. The summed E-state index contributed by atoms with van der Waals surface area (Å²) >= 11 is 0. The van der Waals surface area contributed by atoms with Crippen LogP contribution in [0, 0.1) is 5.92 Å². The molecule has 0 aliphatic heterocycles. The molecule has 0 saturated heterocycles. The summed E-state index contributed by atoms with van der Waals surface area (Å²) in [4.78, 5) is 10.0. The molecule has 0 radical (unpaired) electrons. The van der Waals surface area contributed by atoms with E-state index in [4.69, 9.17) is 10.8 Å². The Hall–Kier alpha value is -0.570. The molecule has 0 fully saturated rings. The average molecular weight is 119 g/mol. The van der Waals surface area contributed by atoms with Gasteiger partial charge in [-0.15, -0.1) is 0 Å². The highest BCUT2D eigenvalue weighted by atomic mass is 16.4. The molecule has 0 heterocycles. The van der Waals surface area contributed by atoms with Crippen molar-refractivity contribution in [3.63, 3.8) is 0 Å². The largest absolute Gasteiger partial charge is 0.480 e. The maximum atomic E-state index is 10.0. The van der Waals surface area contributed by atoms with E-state index in [9.17, 15) is 4.79 Å². The lowest BCUT2D eigenvalue weighted by atomic mass is 10.4. The molecule has 0 aliphatic rings. The van der Waals surface area contributed by atoms with Gasteiger partial charge in [-0.1, -0.05) is 13.8 Å². The highest BCUT2D eigenvalue weighted by Gasteiger charge is 2.14. The molecular weight excluding hydrogens is 108 g/mol. The van der Waals surface area contributed by atoms with E-state index in [-0.39, 0.29) is 5.92 Å². The standard InChI is InChI=1S/C5H11NO2/c1-3(2)4(6)5(7)8/h3-4H,6H2,1-2H3,(H,7,8)/t4-/m0/s1/i1+1,3+1/t3?,4-. The van der Waals surface area contributed by atoms with Gasteiger partial charge in [0.2, 0.25) is 0 Å². The Balaban J connectivity index is 3.64. The van der Waals surface area contributed by atoms with Gasteiger partial charge in [-0.05, 0) is 5.92 Å². The minimum Gasteiger partial charge on any atom is -0.480 e. The van der Waals surface area contributed by atoms with Crippen LogP contribution in [-0.4, -0.2) is 17.1 Å². The van der Waals surface area contributed by atoms with Crippen LogP contribution in [0.4, 0.5) is 0 Å². The second kappa shape index (κ2) is 2.67. The first kappa shape index (κ1) is 7.43. The van der Waals surface area contributed by atoms with Crippen LogP contribution < -0.4 is 5.73 Å². The fourth-order valence-electron chi connectivity index (χ4n) is 0.285. The summed E-state index contributed by atoms with van der Waals surface area (Å²) < 4.78 is 0. The topological polar surface area (TPSA) is 63.3 Å². The highest BCUT2D eigenvalue weighted by Crippen LogP contribution is 1.96. The van der Waals surface area contributed by atoms with Gasteiger partial charge in [0.1, 0.15) is 6.04 Å². The fourth-order valence-corrected chi connectivity index (χ4v) is 0.285. The van der Waals surface area contributed by atoms with Gasteiger partial charge in [-0.2, -0.15) is 0 Å². The molecule has 0 aromatic rings. The smallest absolute Gasteiger partial charge is 0.320 e. The highest BCUT2D eigenvalue weighted by molar-refractivity contribution is 5.73. The average Bonchev–Trinajstić information content (AvgIpc) is 1.64. The SMILES string of the molecule is C[13CH]([13CH3])[C@H](N)C(=O)O. The normalized spacial score (nSPS) is 17.4. The Bertz CT molecular complexity index is 90.4. The van der Waals surface area contributed by atoms with E-state index < -0.39 is 12.0 Å². The maximum absolute atomic E-state index is 10.0. The van der Waals surface area contributed by atoms with Crippen LogP contribution in [0.5, 0.6) is 0 Å². The molecule has 0 amide bonds. The molecular formula is C5H11NO2. The van der Waals surface area contributed by atoms with E-state index in [0.717, 1.165) is 0 Å². The molecule has 3 N–H and O–H groups in total. The number of rotatable bonds is 2. The van der Waals surface area contributed by atoms with E-state index in [2.05, 4.69) is 0 Å². The summed E-state index contributed by atoms with van der Waals surface area (Å²) in [5.74, 6) is -0.910. The Morgan fingerprint density at radius 2 is 2.00 bits per heavy atom. The van der Waals surface area contributed by atoms with Crippen molar-refractivity contribution in [2.75, 3.05) is 0 Å². The van der Waals surface area contributed by atoms with Crippen LogP contribution in [0.15, 0.2) is 0 Å². The van der Waals surface area contributed by atoms with Gasteiger partial charge in [-0.25, -0.2) is 0 Å². The molecule has 3 heteroatoms. The predicted molar refractivity (Wildman–Crippen MR) is 30.4 cm³/mol. The van der Waals surface area contributed by atoms with Crippen molar-refractivity contribution in [2.24, 2.45) is 11.7 Å². The molecule has 8 heavy (non-hydrogen) atoms. The molecule has 0 saturated carbocycles. The number of hydrogen-bond donors (Lipinski definition) is 2. The summed E-state index contributed by atoms with van der Waals surface area (Å²) in [6.07, 6.45) is 0. The number of hydrogen-bond acceptors (Lipinski definition) is 2. The van der Waals surface area contributed by atoms with Crippen LogP contribution in [0.3, 0.4) is 0 Å². The maximum Gasteiger partial charge on any atom is 0.320 e. The van der Waals surface area contributed by atoms with Gasteiger partial charge in [0, 0.05) is 0 Å². The third-order valence-corrected chi connectivity index (χ3v) is 1.00. The first-order valence-electron chi connectivity index (χ1n) is 2.54. The number of nitrogens with two attached hydrogens (primary N) is 1. The molecule has 1 unspecified atom stereocenters. The van der Waals surface area contributed by atoms with E-state index >= 15 is 0 Å². The van der Waals surface area contributed by atoms with E-state index in [0.29, 0.717) is 0 Å². The van der Waals surface area contributed by atoms with E-state index in [1.807, 2.05) is 0 Å². The van der Waals surface area contributed by atoms with Crippen molar-refractivity contribution in [3.8, 4) is 0 Å². The van der Waals surface area contributed by atoms with Gasteiger partial charge >= 0.3 is 5.97 Å². The van der Waals surface area contributed by atoms with Gasteiger partial charge in [0.05, 0.1) is 0 Å². The Morgan fingerprint density at radius 3 is 2.00 bits per heavy atom. The number of carboxylic acids is 1. The minimum atomic E-state index is -0.931. The fraction of sp³-hybridized carbons (Fsp3) is 0.800. The molecule has 0 spiro atoms. The summed E-state index contributed by atoms with van der Waals surface area (Å²) in [6, 6.07) is -0.713. The molecule has 48 valence electrons. The lowest BCUT2D eigenvalue weighted by Gasteiger charge is -2.07. The van der Waals surface area contributed by atoms with E-state index in [1.165, 1.54) is 0 Å². The molecule has 0 aromatic carbocycles. The lowest BCUT2D eigenvalue weighted by Crippen LogP contribution is -2.34. The zero-order valence-electron chi connectivity index (χ0n) is 5.09. The van der Waals surface area contributed by atoms with Gasteiger partial charge in [0.15, 0.2) is 0 Å². The van der Waals surface area contributed by atoms with E-state index in [1.54, 1.807) is 13.8 Å². The summed E-state index contributed by atoms with van der Waals surface area (Å²) in [6.45, 7) is 3.55. The number of carbonyl (C=O) groups is 1. The first-order valence-corrected chi connectivity index (χ1v) is 2.54. The van der Waals surface area contributed by atoms with Gasteiger partial charge in [0.25, 0.3) is 0 Å².